The summed E-state index contributed by atoms with van der Waals surface area (Å²) in [6.07, 6.45) is 4.46. The fourth-order valence-corrected chi connectivity index (χ4v) is 1.15. The third kappa shape index (κ3) is 4.75. The molecule has 0 saturated heterocycles. The van der Waals surface area contributed by atoms with Crippen molar-refractivity contribution in [1.29, 1.82) is 0 Å². The molecule has 0 aliphatic rings. The average molecular weight is 249 g/mol. The monoisotopic (exact) mass is 249 g/mol. The van der Waals surface area contributed by atoms with Gasteiger partial charge in [0.25, 0.3) is 0 Å². The lowest BCUT2D eigenvalue weighted by atomic mass is 10.3. The molecule has 1 amide bonds. The molecule has 96 valence electrons. The number of rotatable bonds is 5. The molecule has 0 saturated carbocycles. The van der Waals surface area contributed by atoms with E-state index in [2.05, 4.69) is 10.3 Å². The van der Waals surface area contributed by atoms with Gasteiger partial charge in [-0.25, -0.2) is 9.78 Å². The summed E-state index contributed by atoms with van der Waals surface area (Å²) in [6, 6.07) is 2.83. The Kier molecular flexibility index (Phi) is 5.01. The van der Waals surface area contributed by atoms with E-state index < -0.39 is 5.97 Å². The molecule has 6 nitrogen and oxygen atoms in total. The number of nitrogens with one attached hydrogen (secondary N) is 1. The van der Waals surface area contributed by atoms with Crippen molar-refractivity contribution < 1.29 is 14.7 Å². The molecule has 1 rings (SSSR count). The number of amides is 1. The van der Waals surface area contributed by atoms with Crippen molar-refractivity contribution in [2.45, 2.75) is 0 Å². The number of anilines is 1. The molecule has 6 heteroatoms. The summed E-state index contributed by atoms with van der Waals surface area (Å²) in [7, 11) is 3.80. The number of likely N-dealkylation sites (N-methyl/N-ethyl adjacent to an activating group) is 1. The number of aromatic carboxylic acids is 1. The molecule has 0 unspecified atom stereocenters. The highest BCUT2D eigenvalue weighted by Gasteiger charge is 2.04. The Morgan fingerprint density at radius 2 is 2.17 bits per heavy atom. The summed E-state index contributed by atoms with van der Waals surface area (Å²) in [5.74, 6) is -1.37. The molecular weight excluding hydrogens is 234 g/mol. The Hall–Kier alpha value is -2.21. The van der Waals surface area contributed by atoms with E-state index in [4.69, 9.17) is 5.11 Å². The maximum atomic E-state index is 11.5. The third-order valence-corrected chi connectivity index (χ3v) is 1.99. The maximum absolute atomic E-state index is 11.5. The molecule has 0 aliphatic carbocycles. The largest absolute Gasteiger partial charge is 0.477 e. The normalized spacial score (nSPS) is 10.8. The maximum Gasteiger partial charge on any atom is 0.354 e. The van der Waals surface area contributed by atoms with Gasteiger partial charge in [0.1, 0.15) is 5.69 Å². The third-order valence-electron chi connectivity index (χ3n) is 1.99. The molecule has 0 fully saturated rings. The molecule has 0 atom stereocenters. The number of pyridine rings is 1. The van der Waals surface area contributed by atoms with Gasteiger partial charge in [-0.1, -0.05) is 6.08 Å². The standard InChI is InChI=1S/C12H15N3O3/c1-15(2)7-3-4-11(16)14-9-5-6-10(12(17)18)13-8-9/h3-6,8H,7H2,1-2H3,(H,14,16)(H,17,18). The highest BCUT2D eigenvalue weighted by atomic mass is 16.4. The van der Waals surface area contributed by atoms with Crippen LogP contribution < -0.4 is 5.32 Å². The van der Waals surface area contributed by atoms with Crippen molar-refractivity contribution >= 4 is 17.6 Å². The number of carbonyl (C=O) groups is 2. The Morgan fingerprint density at radius 3 is 2.67 bits per heavy atom. The van der Waals surface area contributed by atoms with E-state index in [1.165, 1.54) is 24.4 Å². The molecule has 1 aromatic heterocycles. The van der Waals surface area contributed by atoms with Gasteiger partial charge in [-0.2, -0.15) is 0 Å². The van der Waals surface area contributed by atoms with Crippen LogP contribution in [0, 0.1) is 0 Å². The Morgan fingerprint density at radius 1 is 1.44 bits per heavy atom. The van der Waals surface area contributed by atoms with Crippen LogP contribution in [0.15, 0.2) is 30.5 Å². The predicted molar refractivity (Wildman–Crippen MR) is 67.5 cm³/mol. The Labute approximate surface area is 105 Å². The highest BCUT2D eigenvalue weighted by Crippen LogP contribution is 2.06. The van der Waals surface area contributed by atoms with Crippen LogP contribution in [0.1, 0.15) is 10.5 Å². The number of carboxylic acid groups (broad SMARTS) is 1. The molecule has 0 radical (unpaired) electrons. The van der Waals surface area contributed by atoms with E-state index in [0.717, 1.165) is 0 Å². The van der Waals surface area contributed by atoms with Crippen LogP contribution in [0.3, 0.4) is 0 Å². The first-order valence-electron chi connectivity index (χ1n) is 5.30. The molecule has 0 aromatic carbocycles. The topological polar surface area (TPSA) is 82.5 Å². The first-order valence-corrected chi connectivity index (χ1v) is 5.30. The van der Waals surface area contributed by atoms with Gasteiger partial charge in [0.15, 0.2) is 0 Å². The lowest BCUT2D eigenvalue weighted by molar-refractivity contribution is -0.111. The zero-order valence-electron chi connectivity index (χ0n) is 10.3. The van der Waals surface area contributed by atoms with Gasteiger partial charge in [-0.05, 0) is 26.2 Å². The SMILES string of the molecule is CN(C)CC=CC(=O)Nc1ccc(C(=O)O)nc1. The van der Waals surface area contributed by atoms with E-state index >= 15 is 0 Å². The summed E-state index contributed by atoms with van der Waals surface area (Å²) in [5, 5.41) is 11.2. The van der Waals surface area contributed by atoms with E-state index in [1.54, 1.807) is 6.08 Å². The second-order valence-corrected chi connectivity index (χ2v) is 3.89. The second-order valence-electron chi connectivity index (χ2n) is 3.89. The zero-order chi connectivity index (χ0) is 13.5. The van der Waals surface area contributed by atoms with Crippen molar-refractivity contribution in [2.75, 3.05) is 26.0 Å². The van der Waals surface area contributed by atoms with Gasteiger partial charge >= 0.3 is 5.97 Å². The summed E-state index contributed by atoms with van der Waals surface area (Å²) < 4.78 is 0. The van der Waals surface area contributed by atoms with Crippen LogP contribution in [-0.2, 0) is 4.79 Å². The van der Waals surface area contributed by atoms with E-state index in [9.17, 15) is 9.59 Å². The minimum atomic E-state index is -1.10. The minimum absolute atomic E-state index is 0.0591. The van der Waals surface area contributed by atoms with Crippen molar-refractivity contribution in [3.05, 3.63) is 36.2 Å². The van der Waals surface area contributed by atoms with Crippen molar-refractivity contribution in [3.8, 4) is 0 Å². The van der Waals surface area contributed by atoms with E-state index in [-0.39, 0.29) is 11.6 Å². The predicted octanol–water partition coefficient (Wildman–Crippen LogP) is 0.836. The molecule has 0 aliphatic heterocycles. The fraction of sp³-hybridized carbons (Fsp3) is 0.250. The Balaban J connectivity index is 2.54. The number of carbonyl (C=O) groups excluding carboxylic acids is 1. The summed E-state index contributed by atoms with van der Waals surface area (Å²) in [5.41, 5.74) is 0.399. The molecule has 0 bridgehead atoms. The summed E-state index contributed by atoms with van der Waals surface area (Å²) in [6.45, 7) is 0.670. The number of nitrogens with zero attached hydrogens (tertiary/aromatic N) is 2. The molecule has 18 heavy (non-hydrogen) atoms. The molecule has 0 spiro atoms. The molecular formula is C12H15N3O3. The van der Waals surface area contributed by atoms with Gasteiger partial charge in [0.05, 0.1) is 11.9 Å². The lowest BCUT2D eigenvalue weighted by Crippen LogP contribution is -2.13. The lowest BCUT2D eigenvalue weighted by Gasteiger charge is -2.04. The highest BCUT2D eigenvalue weighted by molar-refractivity contribution is 5.99. The van der Waals surface area contributed by atoms with Gasteiger partial charge in [0.2, 0.25) is 5.91 Å². The quantitative estimate of drug-likeness (QED) is 0.755. The van der Waals surface area contributed by atoms with Crippen LogP contribution in [0.4, 0.5) is 5.69 Å². The smallest absolute Gasteiger partial charge is 0.354 e. The fourth-order valence-electron chi connectivity index (χ4n) is 1.15. The molecule has 1 heterocycles. The number of carboxylic acids is 1. The van der Waals surface area contributed by atoms with Gasteiger partial charge in [0, 0.05) is 12.6 Å². The van der Waals surface area contributed by atoms with Crippen LogP contribution in [0.2, 0.25) is 0 Å². The second kappa shape index (κ2) is 6.51. The van der Waals surface area contributed by atoms with E-state index in [1.807, 2.05) is 19.0 Å². The van der Waals surface area contributed by atoms with Gasteiger partial charge < -0.3 is 15.3 Å². The number of hydrogen-bond donors (Lipinski definition) is 2. The van der Waals surface area contributed by atoms with Crippen LogP contribution in [0.25, 0.3) is 0 Å². The van der Waals surface area contributed by atoms with Crippen LogP contribution in [0.5, 0.6) is 0 Å². The van der Waals surface area contributed by atoms with Gasteiger partial charge in [-0.3, -0.25) is 4.79 Å². The van der Waals surface area contributed by atoms with Crippen LogP contribution in [-0.4, -0.2) is 47.5 Å². The molecule has 1 aromatic rings. The summed E-state index contributed by atoms with van der Waals surface area (Å²) in [4.78, 5) is 27.6. The van der Waals surface area contributed by atoms with Crippen molar-refractivity contribution in [1.82, 2.24) is 9.88 Å². The first kappa shape index (κ1) is 13.9. The van der Waals surface area contributed by atoms with Crippen molar-refractivity contribution in [3.63, 3.8) is 0 Å². The summed E-state index contributed by atoms with van der Waals surface area (Å²) >= 11 is 0. The van der Waals surface area contributed by atoms with E-state index in [0.29, 0.717) is 12.2 Å². The minimum Gasteiger partial charge on any atom is -0.477 e. The average Bonchev–Trinajstić information content (AvgIpc) is 2.29. The van der Waals surface area contributed by atoms with Crippen molar-refractivity contribution in [2.24, 2.45) is 0 Å². The number of hydrogen-bond acceptors (Lipinski definition) is 4. The number of aromatic nitrogens is 1. The van der Waals surface area contributed by atoms with Gasteiger partial charge in [-0.15, -0.1) is 0 Å². The molecule has 2 N–H and O–H groups in total. The first-order chi connectivity index (χ1) is 8.49. The van der Waals surface area contributed by atoms with Crippen LogP contribution >= 0.6 is 0 Å². The zero-order valence-corrected chi connectivity index (χ0v) is 10.3. The Bertz CT molecular complexity index is 452.